The molecule has 0 rings (SSSR count). The van der Waals surface area contributed by atoms with Crippen LogP contribution >= 0.6 is 12.6 Å². The Bertz CT molecular complexity index is 257. The minimum Gasteiger partial charge on any atom is -0.398 e. The normalized spacial score (nSPS) is 12.0. The lowest BCUT2D eigenvalue weighted by molar-refractivity contribution is 0.0710. The van der Waals surface area contributed by atoms with Crippen LogP contribution in [0.1, 0.15) is 33.6 Å². The van der Waals surface area contributed by atoms with E-state index in [-0.39, 0.29) is 0 Å². The summed E-state index contributed by atoms with van der Waals surface area (Å²) in [6.07, 6.45) is 1.97. The van der Waals surface area contributed by atoms with Crippen LogP contribution in [-0.4, -0.2) is 63.7 Å². The molecule has 0 fully saturated rings. The number of rotatable bonds is 14. The quantitative estimate of drug-likeness (QED) is 0.344. The number of nitrogens with two attached hydrogens (primary N) is 1. The van der Waals surface area contributed by atoms with Gasteiger partial charge in [-0.1, -0.05) is 0 Å². The molecule has 0 unspecified atom stereocenters. The molecule has 0 heterocycles. The molecule has 24 heavy (non-hydrogen) atoms. The molecule has 0 aromatic rings. The van der Waals surface area contributed by atoms with Gasteiger partial charge in [-0.15, -0.1) is 0 Å². The molecule has 0 aliphatic rings. The molecule has 2 N–H and O–H groups in total. The molecule has 0 saturated heterocycles. The second-order valence-electron chi connectivity index (χ2n) is 5.24. The molecule has 148 valence electrons. The Morgan fingerprint density at radius 1 is 0.833 bits per heavy atom. The standard InChI is InChI=1S/C9H23NO3Si.C6H16O2SSi/c1-4-11-14(12-5-2,13-6-3)9-7-8-10;1-7-10(3,8-2)6-4-5-9/h4-10H2,1-3H3;9H,4-6H2,1-3H3. The van der Waals surface area contributed by atoms with Gasteiger partial charge in [-0.05, 0) is 58.5 Å². The molecule has 0 aromatic heterocycles. The lowest BCUT2D eigenvalue weighted by Gasteiger charge is -2.28. The monoisotopic (exact) mass is 401 g/mol. The Labute approximate surface area is 156 Å². The van der Waals surface area contributed by atoms with Crippen LogP contribution < -0.4 is 5.73 Å². The topological polar surface area (TPSA) is 72.2 Å². The van der Waals surface area contributed by atoms with E-state index in [0.717, 1.165) is 30.7 Å². The molecule has 0 saturated carbocycles. The third-order valence-electron chi connectivity index (χ3n) is 3.43. The zero-order valence-electron chi connectivity index (χ0n) is 16.4. The van der Waals surface area contributed by atoms with Gasteiger partial charge in [-0.2, -0.15) is 12.6 Å². The molecule has 0 aromatic carbocycles. The first-order chi connectivity index (χ1) is 11.4. The van der Waals surface area contributed by atoms with Gasteiger partial charge in [0, 0.05) is 40.1 Å². The fraction of sp³-hybridized carbons (Fsp3) is 1.00. The maximum atomic E-state index is 5.65. The van der Waals surface area contributed by atoms with Gasteiger partial charge in [0.05, 0.1) is 0 Å². The van der Waals surface area contributed by atoms with Crippen LogP contribution in [0.15, 0.2) is 0 Å². The minimum atomic E-state index is -2.40. The third kappa shape index (κ3) is 12.8. The van der Waals surface area contributed by atoms with Crippen molar-refractivity contribution in [2.75, 3.05) is 46.3 Å². The average molecular weight is 402 g/mol. The van der Waals surface area contributed by atoms with Crippen LogP contribution in [0.4, 0.5) is 0 Å². The average Bonchev–Trinajstić information content (AvgIpc) is 2.59. The van der Waals surface area contributed by atoms with Crippen molar-refractivity contribution < 1.29 is 22.1 Å². The largest absolute Gasteiger partial charge is 0.500 e. The van der Waals surface area contributed by atoms with E-state index >= 15 is 0 Å². The molecule has 0 aliphatic carbocycles. The molecule has 6 nitrogen and oxygen atoms in total. The van der Waals surface area contributed by atoms with Crippen molar-refractivity contribution in [2.45, 2.75) is 52.2 Å². The smallest absolute Gasteiger partial charge is 0.398 e. The SMILES string of the molecule is CCO[Si](CCCN)(OCC)OCC.CO[Si](C)(CCCS)OC. The Morgan fingerprint density at radius 3 is 1.58 bits per heavy atom. The summed E-state index contributed by atoms with van der Waals surface area (Å²) >= 11 is 4.12. The van der Waals surface area contributed by atoms with Crippen molar-refractivity contribution in [3.8, 4) is 0 Å². The van der Waals surface area contributed by atoms with Crippen LogP contribution in [0, 0.1) is 0 Å². The molecule has 0 bridgehead atoms. The zero-order valence-corrected chi connectivity index (χ0v) is 19.3. The van der Waals surface area contributed by atoms with E-state index in [1.165, 1.54) is 0 Å². The van der Waals surface area contributed by atoms with Gasteiger partial charge in [0.15, 0.2) is 0 Å². The van der Waals surface area contributed by atoms with Crippen molar-refractivity contribution in [3.05, 3.63) is 0 Å². The predicted octanol–water partition coefficient (Wildman–Crippen LogP) is 3.05. The lowest BCUT2D eigenvalue weighted by atomic mass is 10.5. The van der Waals surface area contributed by atoms with E-state index in [4.69, 9.17) is 27.9 Å². The molecular formula is C15H39NO5SSi2. The fourth-order valence-corrected chi connectivity index (χ4v) is 6.50. The molecule has 0 spiro atoms. The summed E-state index contributed by atoms with van der Waals surface area (Å²) in [6.45, 7) is 10.5. The van der Waals surface area contributed by atoms with Gasteiger partial charge >= 0.3 is 17.4 Å². The highest BCUT2D eigenvalue weighted by molar-refractivity contribution is 7.80. The second kappa shape index (κ2) is 17.0. The van der Waals surface area contributed by atoms with Gasteiger partial charge in [-0.3, -0.25) is 0 Å². The van der Waals surface area contributed by atoms with Gasteiger partial charge in [-0.25, -0.2) is 0 Å². The van der Waals surface area contributed by atoms with Crippen molar-refractivity contribution in [2.24, 2.45) is 5.73 Å². The van der Waals surface area contributed by atoms with E-state index in [0.29, 0.717) is 26.4 Å². The summed E-state index contributed by atoms with van der Waals surface area (Å²) in [5, 5.41) is 0. The van der Waals surface area contributed by atoms with E-state index in [2.05, 4.69) is 19.2 Å². The van der Waals surface area contributed by atoms with Gasteiger partial charge in [0.2, 0.25) is 0 Å². The van der Waals surface area contributed by atoms with Gasteiger partial charge in [0.1, 0.15) is 0 Å². The summed E-state index contributed by atoms with van der Waals surface area (Å²) in [7, 11) is -0.731. The Morgan fingerprint density at radius 2 is 1.29 bits per heavy atom. The molecular weight excluding hydrogens is 362 g/mol. The summed E-state index contributed by atoms with van der Waals surface area (Å²) in [5.74, 6) is 0.912. The van der Waals surface area contributed by atoms with E-state index < -0.39 is 17.4 Å². The lowest BCUT2D eigenvalue weighted by Crippen LogP contribution is -2.46. The summed E-state index contributed by atoms with van der Waals surface area (Å²) in [4.78, 5) is 0. The maximum Gasteiger partial charge on any atom is 0.500 e. The van der Waals surface area contributed by atoms with E-state index in [1.807, 2.05) is 20.8 Å². The van der Waals surface area contributed by atoms with E-state index in [9.17, 15) is 0 Å². The van der Waals surface area contributed by atoms with Crippen LogP contribution in [-0.2, 0) is 22.1 Å². The molecule has 0 aliphatic heterocycles. The first-order valence-corrected chi connectivity index (χ1v) is 13.8. The summed E-state index contributed by atoms with van der Waals surface area (Å²) in [5.41, 5.74) is 5.48. The number of hydrogen-bond donors (Lipinski definition) is 2. The van der Waals surface area contributed by atoms with Crippen LogP contribution in [0.25, 0.3) is 0 Å². The van der Waals surface area contributed by atoms with Gasteiger partial charge < -0.3 is 27.9 Å². The van der Waals surface area contributed by atoms with Crippen molar-refractivity contribution >= 4 is 30.0 Å². The summed E-state index contributed by atoms with van der Waals surface area (Å²) in [6, 6.07) is 1.85. The number of hydrogen-bond acceptors (Lipinski definition) is 7. The highest BCUT2D eigenvalue weighted by Crippen LogP contribution is 2.17. The first kappa shape index (κ1) is 26.8. The Kier molecular flexibility index (Phi) is 18.9. The Balaban J connectivity index is 0. The fourth-order valence-electron chi connectivity index (χ4n) is 2.01. The summed E-state index contributed by atoms with van der Waals surface area (Å²) < 4.78 is 27.5. The Hall–Kier alpha value is 0.544. The first-order valence-electron chi connectivity index (χ1n) is 8.76. The van der Waals surface area contributed by atoms with Crippen LogP contribution in [0.2, 0.25) is 18.6 Å². The van der Waals surface area contributed by atoms with Crippen LogP contribution in [0.3, 0.4) is 0 Å². The minimum absolute atomic E-state index is 0.636. The zero-order chi connectivity index (χ0) is 18.9. The van der Waals surface area contributed by atoms with Crippen molar-refractivity contribution in [3.63, 3.8) is 0 Å². The number of thiol groups is 1. The highest BCUT2D eigenvalue weighted by atomic mass is 32.1. The predicted molar refractivity (Wildman–Crippen MR) is 108 cm³/mol. The maximum absolute atomic E-state index is 5.65. The van der Waals surface area contributed by atoms with Crippen molar-refractivity contribution in [1.29, 1.82) is 0 Å². The highest BCUT2D eigenvalue weighted by Gasteiger charge is 2.39. The molecule has 0 radical (unpaired) electrons. The molecule has 9 heteroatoms. The van der Waals surface area contributed by atoms with Crippen molar-refractivity contribution in [1.82, 2.24) is 0 Å². The van der Waals surface area contributed by atoms with E-state index in [1.54, 1.807) is 14.2 Å². The van der Waals surface area contributed by atoms with Gasteiger partial charge in [0.25, 0.3) is 0 Å². The van der Waals surface area contributed by atoms with Crippen LogP contribution in [0.5, 0.6) is 0 Å². The second-order valence-corrected chi connectivity index (χ2v) is 12.0. The molecule has 0 amide bonds. The third-order valence-corrected chi connectivity index (χ3v) is 9.89. The molecule has 0 atom stereocenters.